The number of ether oxygens (including phenoxy) is 2. The van der Waals surface area contributed by atoms with Crippen LogP contribution in [0.1, 0.15) is 33.3 Å². The molecule has 138 valence electrons. The fourth-order valence-corrected chi connectivity index (χ4v) is 2.60. The first-order valence-corrected chi connectivity index (χ1v) is 8.93. The molecule has 1 aromatic carbocycles. The molecule has 2 aromatic rings. The van der Waals surface area contributed by atoms with E-state index in [2.05, 4.69) is 4.98 Å². The van der Waals surface area contributed by atoms with Crippen LogP contribution in [-0.4, -0.2) is 36.5 Å². The fourth-order valence-electron chi connectivity index (χ4n) is 2.60. The summed E-state index contributed by atoms with van der Waals surface area (Å²) in [6.07, 6.45) is 1.71. The molecular weight excluding hydrogens is 329 g/mol. The van der Waals surface area contributed by atoms with E-state index in [-0.39, 0.29) is 11.2 Å². The predicted octanol–water partition coefficient (Wildman–Crippen LogP) is 2.98. The second-order valence-corrected chi connectivity index (χ2v) is 7.40. The first kappa shape index (κ1) is 18.9. The van der Waals surface area contributed by atoms with Gasteiger partial charge in [-0.2, -0.15) is 0 Å². The molecule has 2 heterocycles. The molecule has 0 amide bonds. The Labute approximate surface area is 155 Å². The molecule has 26 heavy (non-hydrogen) atoms. The highest BCUT2D eigenvalue weighted by Crippen LogP contribution is 2.36. The summed E-state index contributed by atoms with van der Waals surface area (Å²) >= 11 is 0. The largest absolute Gasteiger partial charge is 0.495 e. The van der Waals surface area contributed by atoms with Gasteiger partial charge in [0.2, 0.25) is 5.88 Å². The monoisotopic (exact) mass is 355 g/mol. The SMILES string of the molecule is CC1(C)OB(c2ccnc(OCCOCc3ccccc3)c2)OC1(C)C. The van der Waals surface area contributed by atoms with Gasteiger partial charge >= 0.3 is 7.12 Å². The molecule has 1 fully saturated rings. The highest BCUT2D eigenvalue weighted by Gasteiger charge is 2.51. The van der Waals surface area contributed by atoms with Gasteiger partial charge in [0.1, 0.15) is 6.61 Å². The van der Waals surface area contributed by atoms with Crippen LogP contribution in [0.5, 0.6) is 5.88 Å². The minimum absolute atomic E-state index is 0.368. The van der Waals surface area contributed by atoms with Crippen molar-refractivity contribution < 1.29 is 18.8 Å². The second-order valence-electron chi connectivity index (χ2n) is 7.40. The summed E-state index contributed by atoms with van der Waals surface area (Å²) in [5.41, 5.74) is 1.31. The number of rotatable bonds is 7. The van der Waals surface area contributed by atoms with Gasteiger partial charge in [-0.25, -0.2) is 4.98 Å². The Morgan fingerprint density at radius 3 is 2.35 bits per heavy atom. The summed E-state index contributed by atoms with van der Waals surface area (Å²) < 4.78 is 23.5. The number of nitrogens with zero attached hydrogens (tertiary/aromatic N) is 1. The smallest absolute Gasteiger partial charge is 0.475 e. The first-order valence-electron chi connectivity index (χ1n) is 8.93. The third-order valence-corrected chi connectivity index (χ3v) is 4.87. The van der Waals surface area contributed by atoms with Crippen LogP contribution in [0, 0.1) is 0 Å². The average molecular weight is 355 g/mol. The summed E-state index contributed by atoms with van der Waals surface area (Å²) in [7, 11) is -0.417. The van der Waals surface area contributed by atoms with E-state index in [0.29, 0.717) is 25.7 Å². The molecule has 0 N–H and O–H groups in total. The summed E-state index contributed by atoms with van der Waals surface area (Å²) in [5, 5.41) is 0. The molecule has 5 nitrogen and oxygen atoms in total. The van der Waals surface area contributed by atoms with Gasteiger partial charge < -0.3 is 18.8 Å². The zero-order valence-corrected chi connectivity index (χ0v) is 15.9. The molecule has 0 spiro atoms. The maximum absolute atomic E-state index is 6.07. The van der Waals surface area contributed by atoms with Crippen molar-refractivity contribution >= 4 is 12.6 Å². The normalized spacial score (nSPS) is 18.1. The second kappa shape index (κ2) is 7.78. The maximum Gasteiger partial charge on any atom is 0.495 e. The van der Waals surface area contributed by atoms with Crippen molar-refractivity contribution in [2.24, 2.45) is 0 Å². The van der Waals surface area contributed by atoms with Gasteiger partial charge in [0, 0.05) is 12.3 Å². The molecule has 0 radical (unpaired) electrons. The lowest BCUT2D eigenvalue weighted by atomic mass is 9.80. The Kier molecular flexibility index (Phi) is 5.65. The number of hydrogen-bond acceptors (Lipinski definition) is 5. The molecule has 0 saturated carbocycles. The van der Waals surface area contributed by atoms with E-state index in [4.69, 9.17) is 18.8 Å². The summed E-state index contributed by atoms with van der Waals surface area (Å²) in [4.78, 5) is 4.25. The van der Waals surface area contributed by atoms with Crippen LogP contribution in [0.2, 0.25) is 0 Å². The van der Waals surface area contributed by atoms with Gasteiger partial charge in [-0.05, 0) is 44.8 Å². The zero-order valence-electron chi connectivity index (χ0n) is 15.9. The third kappa shape index (κ3) is 4.44. The molecule has 3 rings (SSSR count). The Balaban J connectivity index is 1.49. The van der Waals surface area contributed by atoms with Crippen LogP contribution in [0.25, 0.3) is 0 Å². The van der Waals surface area contributed by atoms with Crippen molar-refractivity contribution in [3.05, 3.63) is 54.2 Å². The quantitative estimate of drug-likeness (QED) is 0.565. The number of pyridine rings is 1. The zero-order chi connectivity index (χ0) is 18.6. The van der Waals surface area contributed by atoms with E-state index < -0.39 is 7.12 Å². The van der Waals surface area contributed by atoms with Gasteiger partial charge in [-0.15, -0.1) is 0 Å². The predicted molar refractivity (Wildman–Crippen MR) is 102 cm³/mol. The van der Waals surface area contributed by atoms with Gasteiger partial charge in [0.15, 0.2) is 0 Å². The molecule has 1 aromatic heterocycles. The first-order chi connectivity index (χ1) is 12.4. The van der Waals surface area contributed by atoms with Crippen molar-refractivity contribution in [2.45, 2.75) is 45.5 Å². The van der Waals surface area contributed by atoms with Crippen molar-refractivity contribution in [2.75, 3.05) is 13.2 Å². The average Bonchev–Trinajstić information content (AvgIpc) is 2.84. The molecule has 0 aliphatic carbocycles. The molecule has 6 heteroatoms. The number of benzene rings is 1. The van der Waals surface area contributed by atoms with Crippen LogP contribution in [-0.2, 0) is 20.7 Å². The minimum Gasteiger partial charge on any atom is -0.475 e. The van der Waals surface area contributed by atoms with Crippen molar-refractivity contribution in [1.82, 2.24) is 4.98 Å². The van der Waals surface area contributed by atoms with Crippen LogP contribution in [0.4, 0.5) is 0 Å². The molecule has 1 saturated heterocycles. The Hall–Kier alpha value is -1.89. The van der Waals surface area contributed by atoms with Crippen molar-refractivity contribution in [1.29, 1.82) is 0 Å². The maximum atomic E-state index is 6.07. The molecule has 1 aliphatic rings. The van der Waals surface area contributed by atoms with Crippen LogP contribution >= 0.6 is 0 Å². The van der Waals surface area contributed by atoms with Gasteiger partial charge in [0.05, 0.1) is 24.4 Å². The van der Waals surface area contributed by atoms with Crippen LogP contribution < -0.4 is 10.2 Å². The summed E-state index contributed by atoms with van der Waals surface area (Å²) in [6.45, 7) is 9.66. The molecule has 0 atom stereocenters. The molecule has 0 bridgehead atoms. The Morgan fingerprint density at radius 2 is 1.65 bits per heavy atom. The van der Waals surface area contributed by atoms with Crippen LogP contribution in [0.3, 0.4) is 0 Å². The van der Waals surface area contributed by atoms with Gasteiger partial charge in [-0.1, -0.05) is 30.3 Å². The minimum atomic E-state index is -0.417. The van der Waals surface area contributed by atoms with Crippen molar-refractivity contribution in [3.63, 3.8) is 0 Å². The fraction of sp³-hybridized carbons (Fsp3) is 0.450. The molecule has 1 aliphatic heterocycles. The Morgan fingerprint density at radius 1 is 0.962 bits per heavy atom. The summed E-state index contributed by atoms with van der Waals surface area (Å²) in [6, 6.07) is 13.8. The topological polar surface area (TPSA) is 49.8 Å². The highest BCUT2D eigenvalue weighted by atomic mass is 16.7. The molecule has 0 unspecified atom stereocenters. The van der Waals surface area contributed by atoms with Gasteiger partial charge in [-0.3, -0.25) is 0 Å². The summed E-state index contributed by atoms with van der Waals surface area (Å²) in [5.74, 6) is 0.542. The lowest BCUT2D eigenvalue weighted by Gasteiger charge is -2.32. The standard InChI is InChI=1S/C20H26BNO4/c1-19(2)20(3,4)26-21(25-19)17-10-11-22-18(14-17)24-13-12-23-15-16-8-6-5-7-9-16/h5-11,14H,12-13,15H2,1-4H3. The number of aromatic nitrogens is 1. The van der Waals surface area contributed by atoms with Crippen molar-refractivity contribution in [3.8, 4) is 5.88 Å². The lowest BCUT2D eigenvalue weighted by Crippen LogP contribution is -2.41. The third-order valence-electron chi connectivity index (χ3n) is 4.87. The Bertz CT molecular complexity index is 705. The molecular formula is C20H26BNO4. The van der Waals surface area contributed by atoms with Crippen LogP contribution in [0.15, 0.2) is 48.7 Å². The van der Waals surface area contributed by atoms with E-state index in [1.54, 1.807) is 6.20 Å². The van der Waals surface area contributed by atoms with E-state index in [1.807, 2.05) is 70.2 Å². The van der Waals surface area contributed by atoms with E-state index in [1.165, 1.54) is 0 Å². The lowest BCUT2D eigenvalue weighted by molar-refractivity contribution is 0.00578. The van der Waals surface area contributed by atoms with E-state index in [0.717, 1.165) is 11.0 Å². The van der Waals surface area contributed by atoms with E-state index >= 15 is 0 Å². The van der Waals surface area contributed by atoms with Gasteiger partial charge in [0.25, 0.3) is 0 Å². The highest BCUT2D eigenvalue weighted by molar-refractivity contribution is 6.62. The van der Waals surface area contributed by atoms with E-state index in [9.17, 15) is 0 Å². The number of hydrogen-bond donors (Lipinski definition) is 0.